The van der Waals surface area contributed by atoms with Gasteiger partial charge in [-0.15, -0.1) is 0 Å². The number of fused-ring (bicyclic) bond motifs is 1. The summed E-state index contributed by atoms with van der Waals surface area (Å²) in [7, 11) is 0. The van der Waals surface area contributed by atoms with Crippen LogP contribution in [0.25, 0.3) is 0 Å². The molecule has 0 saturated carbocycles. The summed E-state index contributed by atoms with van der Waals surface area (Å²) < 4.78 is 13.5. The normalized spacial score (nSPS) is 21.2. The maximum absolute atomic E-state index is 12.4. The summed E-state index contributed by atoms with van der Waals surface area (Å²) in [6.07, 6.45) is 4.31. The quantitative estimate of drug-likeness (QED) is 0.932. The monoisotopic (exact) mass is 301 g/mol. The van der Waals surface area contributed by atoms with E-state index in [9.17, 15) is 4.79 Å². The summed E-state index contributed by atoms with van der Waals surface area (Å²) in [5.74, 6) is 1.10. The van der Waals surface area contributed by atoms with Crippen molar-refractivity contribution in [1.82, 2.24) is 14.9 Å². The average molecular weight is 301 g/mol. The number of para-hydroxylation sites is 2. The molecule has 116 valence electrons. The average Bonchev–Trinajstić information content (AvgIpc) is 2.99. The van der Waals surface area contributed by atoms with E-state index in [1.54, 1.807) is 18.6 Å². The molecule has 1 N–H and O–H groups in total. The van der Waals surface area contributed by atoms with E-state index in [1.807, 2.05) is 42.8 Å². The Kier molecular flexibility index (Phi) is 4.00. The highest BCUT2D eigenvalue weighted by molar-refractivity contribution is 5.82. The molecule has 1 aromatic heterocycles. The van der Waals surface area contributed by atoms with E-state index in [4.69, 9.17) is 9.47 Å². The van der Waals surface area contributed by atoms with Crippen molar-refractivity contribution < 1.29 is 14.3 Å². The minimum Gasteiger partial charge on any atom is -0.482 e. The standard InChI is InChI=1S/C16H19N3O3/c1-11(9-19-8-7-17-10-19)18-16(20)15-12(2)21-13-5-3-4-6-14(13)22-15/h3-8,10-12,15H,9H2,1-2H3,(H,18,20)/t11-,12-,15-/m1/s1. The van der Waals surface area contributed by atoms with E-state index in [1.165, 1.54) is 0 Å². The van der Waals surface area contributed by atoms with Crippen molar-refractivity contribution in [2.75, 3.05) is 0 Å². The fourth-order valence-electron chi connectivity index (χ4n) is 2.49. The van der Waals surface area contributed by atoms with Crippen LogP contribution in [0, 0.1) is 0 Å². The van der Waals surface area contributed by atoms with Crippen LogP contribution in [0.3, 0.4) is 0 Å². The zero-order valence-electron chi connectivity index (χ0n) is 12.6. The molecule has 0 bridgehead atoms. The second-order valence-electron chi connectivity index (χ2n) is 5.48. The van der Waals surface area contributed by atoms with Crippen LogP contribution >= 0.6 is 0 Å². The van der Waals surface area contributed by atoms with Crippen molar-refractivity contribution in [3.8, 4) is 11.5 Å². The van der Waals surface area contributed by atoms with Crippen LogP contribution in [-0.2, 0) is 11.3 Å². The Bertz CT molecular complexity index is 642. The number of rotatable bonds is 4. The Morgan fingerprint density at radius 3 is 2.77 bits per heavy atom. The predicted molar refractivity (Wildman–Crippen MR) is 80.8 cm³/mol. The van der Waals surface area contributed by atoms with Gasteiger partial charge in [0.1, 0.15) is 6.10 Å². The Balaban J connectivity index is 1.62. The number of ether oxygens (including phenoxy) is 2. The molecule has 2 aromatic rings. The Labute approximate surface area is 129 Å². The van der Waals surface area contributed by atoms with Gasteiger partial charge in [-0.05, 0) is 26.0 Å². The van der Waals surface area contributed by atoms with Crippen molar-refractivity contribution in [2.45, 2.75) is 38.6 Å². The fourth-order valence-corrected chi connectivity index (χ4v) is 2.49. The molecule has 0 spiro atoms. The maximum atomic E-state index is 12.4. The second kappa shape index (κ2) is 6.09. The molecule has 6 heteroatoms. The first kappa shape index (κ1) is 14.4. The largest absolute Gasteiger partial charge is 0.482 e. The number of hydrogen-bond acceptors (Lipinski definition) is 4. The summed E-state index contributed by atoms with van der Waals surface area (Å²) in [6, 6.07) is 7.34. The number of carbonyl (C=O) groups excluding carboxylic acids is 1. The van der Waals surface area contributed by atoms with Crippen molar-refractivity contribution in [3.05, 3.63) is 43.0 Å². The third kappa shape index (κ3) is 3.05. The Morgan fingerprint density at radius 2 is 2.09 bits per heavy atom. The van der Waals surface area contributed by atoms with Gasteiger partial charge in [0.2, 0.25) is 6.10 Å². The summed E-state index contributed by atoms with van der Waals surface area (Å²) in [4.78, 5) is 16.4. The molecule has 3 rings (SSSR count). The lowest BCUT2D eigenvalue weighted by atomic mass is 10.1. The molecule has 0 unspecified atom stereocenters. The van der Waals surface area contributed by atoms with Crippen molar-refractivity contribution in [3.63, 3.8) is 0 Å². The van der Waals surface area contributed by atoms with Gasteiger partial charge in [-0.2, -0.15) is 0 Å². The number of carbonyl (C=O) groups is 1. The molecule has 1 aromatic carbocycles. The third-order valence-corrected chi connectivity index (χ3v) is 3.53. The number of hydrogen-bond donors (Lipinski definition) is 1. The highest BCUT2D eigenvalue weighted by Gasteiger charge is 2.34. The van der Waals surface area contributed by atoms with Crippen LogP contribution in [0.4, 0.5) is 0 Å². The van der Waals surface area contributed by atoms with E-state index in [0.29, 0.717) is 18.0 Å². The molecular formula is C16H19N3O3. The van der Waals surface area contributed by atoms with Gasteiger partial charge in [-0.1, -0.05) is 12.1 Å². The van der Waals surface area contributed by atoms with Crippen molar-refractivity contribution in [1.29, 1.82) is 0 Å². The van der Waals surface area contributed by atoms with Gasteiger partial charge < -0.3 is 19.4 Å². The number of imidazole rings is 1. The van der Waals surface area contributed by atoms with Gasteiger partial charge in [0, 0.05) is 25.0 Å². The van der Waals surface area contributed by atoms with Crippen LogP contribution in [0.2, 0.25) is 0 Å². The number of nitrogens with one attached hydrogen (secondary N) is 1. The van der Waals surface area contributed by atoms with Gasteiger partial charge in [0.05, 0.1) is 6.33 Å². The topological polar surface area (TPSA) is 65.4 Å². The lowest BCUT2D eigenvalue weighted by molar-refractivity contribution is -0.134. The van der Waals surface area contributed by atoms with E-state index in [-0.39, 0.29) is 18.1 Å². The number of nitrogens with zero attached hydrogens (tertiary/aromatic N) is 2. The van der Waals surface area contributed by atoms with Gasteiger partial charge >= 0.3 is 0 Å². The molecule has 1 aliphatic heterocycles. The summed E-state index contributed by atoms with van der Waals surface area (Å²) in [5.41, 5.74) is 0. The van der Waals surface area contributed by atoms with E-state index in [0.717, 1.165) is 0 Å². The van der Waals surface area contributed by atoms with Crippen LogP contribution < -0.4 is 14.8 Å². The maximum Gasteiger partial charge on any atom is 0.265 e. The SMILES string of the molecule is C[C@H](Cn1ccnc1)NC(=O)[C@@H]1Oc2ccccc2O[C@@H]1C. The molecule has 0 fully saturated rings. The van der Waals surface area contributed by atoms with Crippen LogP contribution in [-0.4, -0.2) is 33.7 Å². The van der Waals surface area contributed by atoms with E-state index >= 15 is 0 Å². The Morgan fingerprint density at radius 1 is 1.36 bits per heavy atom. The lowest BCUT2D eigenvalue weighted by Crippen LogP contribution is -2.51. The second-order valence-corrected chi connectivity index (χ2v) is 5.48. The number of amides is 1. The summed E-state index contributed by atoms with van der Waals surface area (Å²) >= 11 is 0. The first-order chi connectivity index (χ1) is 10.6. The Hall–Kier alpha value is -2.50. The molecule has 3 atom stereocenters. The molecule has 6 nitrogen and oxygen atoms in total. The lowest BCUT2D eigenvalue weighted by Gasteiger charge is -2.31. The molecule has 0 radical (unpaired) electrons. The minimum atomic E-state index is -0.653. The summed E-state index contributed by atoms with van der Waals surface area (Å²) in [6.45, 7) is 4.44. The number of aromatic nitrogens is 2. The van der Waals surface area contributed by atoms with Gasteiger partial charge in [0.25, 0.3) is 5.91 Å². The highest BCUT2D eigenvalue weighted by atomic mass is 16.6. The fraction of sp³-hybridized carbons (Fsp3) is 0.375. The molecular weight excluding hydrogens is 282 g/mol. The van der Waals surface area contributed by atoms with Crippen LogP contribution in [0.1, 0.15) is 13.8 Å². The zero-order chi connectivity index (χ0) is 15.5. The zero-order valence-corrected chi connectivity index (χ0v) is 12.6. The highest BCUT2D eigenvalue weighted by Crippen LogP contribution is 2.33. The first-order valence-electron chi connectivity index (χ1n) is 7.32. The van der Waals surface area contributed by atoms with Gasteiger partial charge in [-0.3, -0.25) is 4.79 Å². The first-order valence-corrected chi connectivity index (χ1v) is 7.32. The molecule has 22 heavy (non-hydrogen) atoms. The smallest absolute Gasteiger partial charge is 0.265 e. The van der Waals surface area contributed by atoms with Crippen molar-refractivity contribution >= 4 is 5.91 Å². The third-order valence-electron chi connectivity index (χ3n) is 3.53. The predicted octanol–water partition coefficient (Wildman–Crippen LogP) is 1.62. The molecule has 2 heterocycles. The summed E-state index contributed by atoms with van der Waals surface area (Å²) in [5, 5.41) is 2.96. The molecule has 1 aliphatic rings. The molecule has 0 aliphatic carbocycles. The van der Waals surface area contributed by atoms with Gasteiger partial charge in [0.15, 0.2) is 11.5 Å². The van der Waals surface area contributed by atoms with E-state index < -0.39 is 6.10 Å². The van der Waals surface area contributed by atoms with Crippen LogP contribution in [0.15, 0.2) is 43.0 Å². The molecule has 1 amide bonds. The van der Waals surface area contributed by atoms with Crippen molar-refractivity contribution in [2.24, 2.45) is 0 Å². The molecule has 0 saturated heterocycles. The van der Waals surface area contributed by atoms with E-state index in [2.05, 4.69) is 10.3 Å². The van der Waals surface area contributed by atoms with Gasteiger partial charge in [-0.25, -0.2) is 4.98 Å². The number of benzene rings is 1. The van der Waals surface area contributed by atoms with Crippen LogP contribution in [0.5, 0.6) is 11.5 Å². The minimum absolute atomic E-state index is 0.0327.